The molecule has 1 aromatic carbocycles. The summed E-state index contributed by atoms with van der Waals surface area (Å²) < 4.78 is 16.3. The predicted molar refractivity (Wildman–Crippen MR) is 110 cm³/mol. The third-order valence-corrected chi connectivity index (χ3v) is 5.32. The van der Waals surface area contributed by atoms with Crippen LogP contribution in [0.4, 0.5) is 16.0 Å². The van der Waals surface area contributed by atoms with Crippen LogP contribution < -0.4 is 10.2 Å². The highest BCUT2D eigenvalue weighted by Gasteiger charge is 2.20. The molecule has 1 fully saturated rings. The summed E-state index contributed by atoms with van der Waals surface area (Å²) in [6.45, 7) is 4.22. The molecule has 0 saturated carbocycles. The SMILES string of the molecule is Cc1nccn1-c1ccc(CNc2cc(N3CCCC(CO)C3)ncn2)cc1F. The van der Waals surface area contributed by atoms with E-state index in [2.05, 4.69) is 25.2 Å². The first-order chi connectivity index (χ1) is 14.1. The summed E-state index contributed by atoms with van der Waals surface area (Å²) in [4.78, 5) is 15.0. The van der Waals surface area contributed by atoms with E-state index in [4.69, 9.17) is 0 Å². The van der Waals surface area contributed by atoms with Crippen LogP contribution in [0.15, 0.2) is 43.0 Å². The molecular weight excluding hydrogens is 371 g/mol. The Balaban J connectivity index is 1.43. The molecule has 0 bridgehead atoms. The van der Waals surface area contributed by atoms with E-state index < -0.39 is 0 Å². The van der Waals surface area contributed by atoms with Gasteiger partial charge in [0.15, 0.2) is 0 Å². The second-order valence-electron chi connectivity index (χ2n) is 7.38. The number of aryl methyl sites for hydroxylation is 1. The van der Waals surface area contributed by atoms with Crippen LogP contribution in [0.2, 0.25) is 0 Å². The number of aromatic nitrogens is 4. The fourth-order valence-corrected chi connectivity index (χ4v) is 3.72. The maximum absolute atomic E-state index is 14.6. The number of benzene rings is 1. The summed E-state index contributed by atoms with van der Waals surface area (Å²) >= 11 is 0. The molecule has 0 spiro atoms. The van der Waals surface area contributed by atoms with E-state index in [0.29, 0.717) is 18.1 Å². The van der Waals surface area contributed by atoms with Gasteiger partial charge in [0.1, 0.15) is 29.6 Å². The van der Waals surface area contributed by atoms with Gasteiger partial charge in [-0.3, -0.25) is 0 Å². The number of aliphatic hydroxyl groups excluding tert-OH is 1. The topological polar surface area (TPSA) is 79.1 Å². The van der Waals surface area contributed by atoms with Crippen molar-refractivity contribution in [2.45, 2.75) is 26.3 Å². The Morgan fingerprint density at radius 2 is 2.14 bits per heavy atom. The zero-order valence-corrected chi connectivity index (χ0v) is 16.4. The second-order valence-corrected chi connectivity index (χ2v) is 7.38. The van der Waals surface area contributed by atoms with Crippen LogP contribution in [0.1, 0.15) is 24.2 Å². The number of anilines is 2. The smallest absolute Gasteiger partial charge is 0.147 e. The second kappa shape index (κ2) is 8.57. The van der Waals surface area contributed by atoms with Gasteiger partial charge in [0.25, 0.3) is 0 Å². The molecule has 1 atom stereocenters. The molecule has 1 aliphatic rings. The maximum atomic E-state index is 14.6. The number of imidazole rings is 1. The molecule has 1 aliphatic heterocycles. The van der Waals surface area contributed by atoms with Gasteiger partial charge < -0.3 is 19.9 Å². The molecule has 0 amide bonds. The first-order valence-electron chi connectivity index (χ1n) is 9.84. The first kappa shape index (κ1) is 19.3. The van der Waals surface area contributed by atoms with Gasteiger partial charge in [-0.15, -0.1) is 0 Å². The van der Waals surface area contributed by atoms with Crippen molar-refractivity contribution in [2.24, 2.45) is 5.92 Å². The van der Waals surface area contributed by atoms with E-state index in [0.717, 1.165) is 43.1 Å². The number of nitrogens with zero attached hydrogens (tertiary/aromatic N) is 5. The number of rotatable bonds is 6. The van der Waals surface area contributed by atoms with Crippen molar-refractivity contribution in [1.82, 2.24) is 19.5 Å². The van der Waals surface area contributed by atoms with Crippen LogP contribution in [0.5, 0.6) is 0 Å². The lowest BCUT2D eigenvalue weighted by Gasteiger charge is -2.32. The maximum Gasteiger partial charge on any atom is 0.147 e. The fraction of sp³-hybridized carbons (Fsp3) is 0.381. The highest BCUT2D eigenvalue weighted by atomic mass is 19.1. The van der Waals surface area contributed by atoms with E-state index >= 15 is 0 Å². The molecule has 2 N–H and O–H groups in total. The Hall–Kier alpha value is -3.00. The fourth-order valence-electron chi connectivity index (χ4n) is 3.72. The molecule has 0 aliphatic carbocycles. The van der Waals surface area contributed by atoms with Gasteiger partial charge in [-0.25, -0.2) is 19.3 Å². The van der Waals surface area contributed by atoms with Crippen LogP contribution in [0.25, 0.3) is 5.69 Å². The van der Waals surface area contributed by atoms with Crippen molar-refractivity contribution in [2.75, 3.05) is 29.9 Å². The van der Waals surface area contributed by atoms with Gasteiger partial charge in [0, 0.05) is 44.7 Å². The van der Waals surface area contributed by atoms with Gasteiger partial charge in [0.05, 0.1) is 5.69 Å². The van der Waals surface area contributed by atoms with E-state index in [1.165, 1.54) is 12.4 Å². The normalized spacial score (nSPS) is 16.8. The molecule has 8 heteroatoms. The monoisotopic (exact) mass is 396 g/mol. The van der Waals surface area contributed by atoms with Crippen LogP contribution in [-0.4, -0.2) is 44.3 Å². The summed E-state index contributed by atoms with van der Waals surface area (Å²) in [5, 5.41) is 12.7. The first-order valence-corrected chi connectivity index (χ1v) is 9.84. The molecule has 3 heterocycles. The summed E-state index contributed by atoms with van der Waals surface area (Å²) in [6.07, 6.45) is 7.02. The van der Waals surface area contributed by atoms with E-state index in [1.807, 2.05) is 19.1 Å². The molecular formula is C21H25FN6O. The Labute approximate surface area is 169 Å². The summed E-state index contributed by atoms with van der Waals surface area (Å²) in [6, 6.07) is 7.08. The van der Waals surface area contributed by atoms with Gasteiger partial charge in [0.2, 0.25) is 0 Å². The molecule has 1 saturated heterocycles. The lowest BCUT2D eigenvalue weighted by atomic mass is 9.99. The lowest BCUT2D eigenvalue weighted by Crippen LogP contribution is -2.37. The predicted octanol–water partition coefficient (Wildman–Crippen LogP) is 2.93. The molecule has 2 aromatic heterocycles. The molecule has 4 rings (SSSR count). The minimum atomic E-state index is -0.294. The van der Waals surface area contributed by atoms with Crippen LogP contribution in [0, 0.1) is 18.7 Å². The molecule has 29 heavy (non-hydrogen) atoms. The molecule has 1 unspecified atom stereocenters. The standard InChI is InChI=1S/C21H25FN6O/c1-15-23-6-8-28(15)19-5-4-16(9-18(19)22)11-24-20-10-21(26-14-25-20)27-7-2-3-17(12-27)13-29/h4-6,8-10,14,17,29H,2-3,7,11-13H2,1H3,(H,24,25,26). The molecule has 0 radical (unpaired) electrons. The highest BCUT2D eigenvalue weighted by Crippen LogP contribution is 2.23. The van der Waals surface area contributed by atoms with Gasteiger partial charge in [-0.2, -0.15) is 0 Å². The summed E-state index contributed by atoms with van der Waals surface area (Å²) in [5.41, 5.74) is 1.30. The Morgan fingerprint density at radius 3 is 2.90 bits per heavy atom. The van der Waals surface area contributed by atoms with Gasteiger partial charge in [-0.05, 0) is 43.4 Å². The third-order valence-electron chi connectivity index (χ3n) is 5.32. The van der Waals surface area contributed by atoms with E-state index in [1.54, 1.807) is 23.0 Å². The molecule has 3 aromatic rings. The number of piperidine rings is 1. The van der Waals surface area contributed by atoms with E-state index in [-0.39, 0.29) is 18.3 Å². The Kier molecular flexibility index (Phi) is 5.71. The van der Waals surface area contributed by atoms with Crippen molar-refractivity contribution in [3.63, 3.8) is 0 Å². The quantitative estimate of drug-likeness (QED) is 0.667. The largest absolute Gasteiger partial charge is 0.396 e. The minimum Gasteiger partial charge on any atom is -0.396 e. The third kappa shape index (κ3) is 4.37. The van der Waals surface area contributed by atoms with Crippen molar-refractivity contribution >= 4 is 11.6 Å². The average molecular weight is 396 g/mol. The zero-order valence-electron chi connectivity index (χ0n) is 16.4. The van der Waals surface area contributed by atoms with Crippen LogP contribution in [0.3, 0.4) is 0 Å². The van der Waals surface area contributed by atoms with Gasteiger partial charge in [-0.1, -0.05) is 6.07 Å². The summed E-state index contributed by atoms with van der Waals surface area (Å²) in [5.74, 6) is 2.27. The van der Waals surface area contributed by atoms with Crippen LogP contribution in [-0.2, 0) is 6.54 Å². The number of hydrogen-bond acceptors (Lipinski definition) is 6. The highest BCUT2D eigenvalue weighted by molar-refractivity contribution is 5.49. The zero-order chi connectivity index (χ0) is 20.2. The van der Waals surface area contributed by atoms with Crippen molar-refractivity contribution in [3.05, 3.63) is 60.2 Å². The van der Waals surface area contributed by atoms with Gasteiger partial charge >= 0.3 is 0 Å². The minimum absolute atomic E-state index is 0.201. The van der Waals surface area contributed by atoms with Crippen molar-refractivity contribution in [3.8, 4) is 5.69 Å². The Bertz CT molecular complexity index is 975. The van der Waals surface area contributed by atoms with Crippen molar-refractivity contribution < 1.29 is 9.50 Å². The number of aliphatic hydroxyl groups is 1. The molecule has 7 nitrogen and oxygen atoms in total. The van der Waals surface area contributed by atoms with Crippen molar-refractivity contribution in [1.29, 1.82) is 0 Å². The molecule has 152 valence electrons. The number of nitrogens with one attached hydrogen (secondary N) is 1. The van der Waals surface area contributed by atoms with E-state index in [9.17, 15) is 9.50 Å². The number of halogens is 1. The Morgan fingerprint density at radius 1 is 1.24 bits per heavy atom. The number of hydrogen-bond donors (Lipinski definition) is 2. The van der Waals surface area contributed by atoms with Crippen LogP contribution >= 0.6 is 0 Å². The summed E-state index contributed by atoms with van der Waals surface area (Å²) in [7, 11) is 0. The average Bonchev–Trinajstić information content (AvgIpc) is 3.18. The lowest BCUT2D eigenvalue weighted by molar-refractivity contribution is 0.208.